The van der Waals surface area contributed by atoms with Crippen molar-refractivity contribution in [2.75, 3.05) is 0 Å². The summed E-state index contributed by atoms with van der Waals surface area (Å²) >= 11 is 0. The summed E-state index contributed by atoms with van der Waals surface area (Å²) in [7, 11) is 0. The monoisotopic (exact) mass is 641 g/mol. The van der Waals surface area contributed by atoms with E-state index in [9.17, 15) is 0 Å². The zero-order chi connectivity index (χ0) is 14.7. The van der Waals surface area contributed by atoms with Gasteiger partial charge >= 0.3 is 21.7 Å². The van der Waals surface area contributed by atoms with Crippen LogP contribution in [0.4, 0.5) is 0 Å². The minimum atomic E-state index is 0. The first-order valence-corrected chi connectivity index (χ1v) is 8.33. The van der Waals surface area contributed by atoms with Crippen molar-refractivity contribution in [2.45, 2.75) is 39.5 Å². The normalized spacial score (nSPS) is 31.7. The molecule has 0 aromatic heterocycles. The van der Waals surface area contributed by atoms with Crippen molar-refractivity contribution in [1.29, 1.82) is 0 Å². The van der Waals surface area contributed by atoms with Gasteiger partial charge in [0.1, 0.15) is 0 Å². The minimum Gasteiger partial charge on any atom is -1.00 e. The Kier molecular flexibility index (Phi) is 12.4. The number of hydrogen-bond donors (Lipinski definition) is 0. The van der Waals surface area contributed by atoms with E-state index in [1.54, 1.807) is 0 Å². The molecule has 0 nitrogen and oxygen atoms in total. The van der Waals surface area contributed by atoms with E-state index in [-0.39, 0.29) is 95.1 Å². The first-order chi connectivity index (χ1) is 10.0. The van der Waals surface area contributed by atoms with Gasteiger partial charge in [0.15, 0.2) is 0 Å². The van der Waals surface area contributed by atoms with Crippen molar-refractivity contribution in [3.63, 3.8) is 0 Å². The van der Waals surface area contributed by atoms with Crippen LogP contribution in [0.1, 0.15) is 50.7 Å². The molecule has 1 aromatic rings. The average Bonchev–Trinajstić information content (AvgIpc) is 3.11. The maximum atomic E-state index is 2.59. The molecule has 3 aliphatic carbocycles. The summed E-state index contributed by atoms with van der Waals surface area (Å²) in [4.78, 5) is 0. The van der Waals surface area contributed by atoms with Gasteiger partial charge in [0.2, 0.25) is 0 Å². The van der Waals surface area contributed by atoms with Crippen LogP contribution in [-0.4, -0.2) is 0 Å². The fraction of sp³-hybridized carbons (Fsp3) is 0.476. The number of benzene rings is 1. The van der Waals surface area contributed by atoms with Crippen molar-refractivity contribution in [3.8, 4) is 0 Å². The van der Waals surface area contributed by atoms with E-state index in [1.165, 1.54) is 24.0 Å². The molecule has 4 atom stereocenters. The molecule has 0 radical (unpaired) electrons. The zero-order valence-electron chi connectivity index (χ0n) is 15.4. The summed E-state index contributed by atoms with van der Waals surface area (Å²) in [5.41, 5.74) is 3.52. The van der Waals surface area contributed by atoms with E-state index in [0.717, 1.165) is 11.8 Å². The molecule has 4 unspecified atom stereocenters. The third-order valence-corrected chi connectivity index (χ3v) is 6.33. The predicted molar refractivity (Wildman–Crippen MR) is 89.8 cm³/mol. The van der Waals surface area contributed by atoms with E-state index < -0.39 is 0 Å². The first-order valence-electron chi connectivity index (χ1n) is 8.33. The number of hydrogen-bond acceptors (Lipinski definition) is 0. The van der Waals surface area contributed by atoms with Crippen LogP contribution in [0.2, 0.25) is 0 Å². The summed E-state index contributed by atoms with van der Waals surface area (Å²) in [6, 6.07) is 8.92. The Hall–Kier alpha value is 1.33. The van der Waals surface area contributed by atoms with E-state index in [4.69, 9.17) is 0 Å². The Morgan fingerprint density at radius 3 is 2.31 bits per heavy atom. The van der Waals surface area contributed by atoms with E-state index in [0.29, 0.717) is 11.3 Å². The van der Waals surface area contributed by atoms with Gasteiger partial charge in [-0.05, 0) is 22.0 Å². The van der Waals surface area contributed by atoms with Gasteiger partial charge < -0.3 is 74.3 Å². The van der Waals surface area contributed by atoms with E-state index >= 15 is 0 Å². The number of allylic oxidation sites excluding steroid dienone is 3. The van der Waals surface area contributed by atoms with Crippen LogP contribution in [0.15, 0.2) is 42.5 Å². The van der Waals surface area contributed by atoms with Crippen molar-refractivity contribution < 1.29 is 89.6 Å². The van der Waals surface area contributed by atoms with Gasteiger partial charge in [-0.1, -0.05) is 81.7 Å². The summed E-state index contributed by atoms with van der Waals surface area (Å²) in [6.07, 6.45) is 15.0. The molecule has 0 saturated heterocycles. The second kappa shape index (κ2) is 10.9. The third-order valence-electron chi connectivity index (χ3n) is 6.33. The smallest absolute Gasteiger partial charge is 1.00 e. The Morgan fingerprint density at radius 2 is 1.62 bits per heavy atom. The number of fused-ring (bicyclic) bond motifs is 2. The first kappa shape index (κ1) is 29.5. The summed E-state index contributed by atoms with van der Waals surface area (Å²) in [6.45, 7) is 7.30. The van der Waals surface area contributed by atoms with Gasteiger partial charge in [0.05, 0.1) is 0 Å². The van der Waals surface area contributed by atoms with E-state index in [1.807, 2.05) is 0 Å². The van der Waals surface area contributed by atoms with Gasteiger partial charge in [0, 0.05) is 5.92 Å². The molecule has 1 fully saturated rings. The van der Waals surface area contributed by atoms with Gasteiger partial charge in [-0.25, -0.2) is 0 Å². The molecule has 0 N–H and O–H groups in total. The molecule has 0 bridgehead atoms. The topological polar surface area (TPSA) is 0 Å². The fourth-order valence-corrected chi connectivity index (χ4v) is 5.07. The zero-order valence-corrected chi connectivity index (χ0v) is 23.3. The quantitative estimate of drug-likeness (QED) is 0.162. The molecule has 0 heterocycles. The molecule has 0 spiro atoms. The van der Waals surface area contributed by atoms with E-state index in [2.05, 4.69) is 75.8 Å². The Labute approximate surface area is 216 Å². The van der Waals surface area contributed by atoms with Crippen LogP contribution in [0.5, 0.6) is 0 Å². The number of rotatable bonds is 1. The molecular formula is C21H25Br4Ti-. The minimum absolute atomic E-state index is 0. The van der Waals surface area contributed by atoms with Crippen LogP contribution in [0, 0.1) is 29.1 Å². The maximum absolute atomic E-state index is 2.59. The molecule has 5 heteroatoms. The fourth-order valence-electron chi connectivity index (χ4n) is 5.07. The molecule has 1 saturated carbocycles. The standard InChI is InChI=1S/C21H25.4BrH.Ti/c1-20(2)13-14-21(3,19-10-6-9-18(19)20)17-12-11-15-7-4-5-8-16(15)17;;;;;/h4-5,7-9,11-14,17-19H,6,10H2,1-3H3;4*1H;/q-1;;;;;+4/p-4. The Balaban J connectivity index is 0. The summed E-state index contributed by atoms with van der Waals surface area (Å²) in [5, 5.41) is 0. The van der Waals surface area contributed by atoms with Crippen LogP contribution in [0.25, 0.3) is 6.08 Å². The second-order valence-corrected chi connectivity index (χ2v) is 7.93. The largest absolute Gasteiger partial charge is 4.00 e. The Bertz CT molecular complexity index is 641. The molecule has 3 aliphatic rings. The van der Waals surface area contributed by atoms with Crippen molar-refractivity contribution in [3.05, 3.63) is 60.0 Å². The predicted octanol–water partition coefficient (Wildman–Crippen LogP) is -6.36. The van der Waals surface area contributed by atoms with Gasteiger partial charge in [-0.2, -0.15) is 12.3 Å². The van der Waals surface area contributed by atoms with Crippen LogP contribution >= 0.6 is 0 Å². The molecule has 1 aromatic carbocycles. The van der Waals surface area contributed by atoms with Crippen molar-refractivity contribution >= 4 is 6.08 Å². The molecule has 0 aliphatic heterocycles. The molecule has 26 heavy (non-hydrogen) atoms. The summed E-state index contributed by atoms with van der Waals surface area (Å²) < 4.78 is 0. The SMILES string of the molecule is CC1(C)C=CC(C)(C2C=Cc3ccccc32)C2CC[CH-]C21.[Br-].[Br-].[Br-].[Br-].[Ti+4]. The number of halogens is 4. The van der Waals surface area contributed by atoms with Crippen molar-refractivity contribution in [2.24, 2.45) is 22.7 Å². The van der Waals surface area contributed by atoms with Gasteiger partial charge in [0.25, 0.3) is 0 Å². The third kappa shape index (κ3) is 4.73. The van der Waals surface area contributed by atoms with Gasteiger partial charge in [-0.3, -0.25) is 0 Å². The van der Waals surface area contributed by atoms with Crippen molar-refractivity contribution in [1.82, 2.24) is 0 Å². The summed E-state index contributed by atoms with van der Waals surface area (Å²) in [5.74, 6) is 2.05. The average molecular weight is 645 g/mol. The van der Waals surface area contributed by atoms with Crippen LogP contribution < -0.4 is 67.9 Å². The molecule has 4 rings (SSSR count). The van der Waals surface area contributed by atoms with Crippen LogP contribution in [-0.2, 0) is 21.7 Å². The molecular weight excluding hydrogens is 620 g/mol. The Morgan fingerprint density at radius 1 is 0.962 bits per heavy atom. The second-order valence-electron chi connectivity index (χ2n) is 7.93. The molecule has 0 amide bonds. The molecule has 142 valence electrons. The van der Waals surface area contributed by atoms with Crippen LogP contribution in [0.3, 0.4) is 0 Å². The maximum Gasteiger partial charge on any atom is 4.00 e. The van der Waals surface area contributed by atoms with Gasteiger partial charge in [-0.15, -0.1) is 0 Å².